The van der Waals surface area contributed by atoms with E-state index >= 15 is 0 Å². The van der Waals surface area contributed by atoms with Gasteiger partial charge in [-0.05, 0) is 54.8 Å². The van der Waals surface area contributed by atoms with Gasteiger partial charge in [0.25, 0.3) is 0 Å². The standard InChI is InChI=1S/C17H18Cl2O2/c1-12-3-2-4-16(9-12)21-8-7-15(20)11-13-10-14(18)5-6-17(13)19/h2-6,9-10,15,20H,7-8,11H2,1H3. The van der Waals surface area contributed by atoms with Gasteiger partial charge >= 0.3 is 0 Å². The highest BCUT2D eigenvalue weighted by Crippen LogP contribution is 2.22. The van der Waals surface area contributed by atoms with Crippen molar-refractivity contribution in [3.05, 3.63) is 63.6 Å². The molecule has 1 unspecified atom stereocenters. The summed E-state index contributed by atoms with van der Waals surface area (Å²) >= 11 is 12.0. The summed E-state index contributed by atoms with van der Waals surface area (Å²) < 4.78 is 5.63. The highest BCUT2D eigenvalue weighted by atomic mass is 35.5. The maximum atomic E-state index is 10.1. The molecule has 0 spiro atoms. The third-order valence-corrected chi connectivity index (χ3v) is 3.78. The molecule has 0 saturated carbocycles. The van der Waals surface area contributed by atoms with Crippen LogP contribution in [0.15, 0.2) is 42.5 Å². The van der Waals surface area contributed by atoms with Gasteiger partial charge in [-0.3, -0.25) is 0 Å². The molecule has 0 bridgehead atoms. The molecule has 0 amide bonds. The normalized spacial score (nSPS) is 12.2. The largest absolute Gasteiger partial charge is 0.493 e. The zero-order chi connectivity index (χ0) is 15.2. The lowest BCUT2D eigenvalue weighted by atomic mass is 10.1. The summed E-state index contributed by atoms with van der Waals surface area (Å²) in [5, 5.41) is 11.3. The molecular formula is C17H18Cl2O2. The van der Waals surface area contributed by atoms with Crippen LogP contribution in [0.5, 0.6) is 5.75 Å². The van der Waals surface area contributed by atoms with Crippen LogP contribution in [0.25, 0.3) is 0 Å². The van der Waals surface area contributed by atoms with E-state index in [-0.39, 0.29) is 0 Å². The third-order valence-electron chi connectivity index (χ3n) is 3.17. The lowest BCUT2D eigenvalue weighted by Gasteiger charge is -2.13. The number of aliphatic hydroxyl groups excluding tert-OH is 1. The maximum Gasteiger partial charge on any atom is 0.119 e. The second-order valence-electron chi connectivity index (χ2n) is 5.05. The first-order valence-electron chi connectivity index (χ1n) is 6.86. The second-order valence-corrected chi connectivity index (χ2v) is 5.89. The van der Waals surface area contributed by atoms with Crippen LogP contribution < -0.4 is 4.74 Å². The lowest BCUT2D eigenvalue weighted by molar-refractivity contribution is 0.139. The van der Waals surface area contributed by atoms with E-state index in [1.54, 1.807) is 18.2 Å². The smallest absolute Gasteiger partial charge is 0.119 e. The molecule has 0 fully saturated rings. The maximum absolute atomic E-state index is 10.1. The quantitative estimate of drug-likeness (QED) is 0.836. The van der Waals surface area contributed by atoms with Gasteiger partial charge in [0.1, 0.15) is 5.75 Å². The number of aliphatic hydroxyl groups is 1. The van der Waals surface area contributed by atoms with E-state index in [1.807, 2.05) is 31.2 Å². The molecule has 0 aliphatic heterocycles. The van der Waals surface area contributed by atoms with Gasteiger partial charge in [0.05, 0.1) is 12.7 Å². The van der Waals surface area contributed by atoms with Crippen molar-refractivity contribution in [1.82, 2.24) is 0 Å². The molecular weight excluding hydrogens is 307 g/mol. The Hall–Kier alpha value is -1.22. The zero-order valence-electron chi connectivity index (χ0n) is 11.9. The molecule has 0 saturated heterocycles. The van der Waals surface area contributed by atoms with Crippen LogP contribution >= 0.6 is 23.2 Å². The summed E-state index contributed by atoms with van der Waals surface area (Å²) in [5.41, 5.74) is 2.01. The summed E-state index contributed by atoms with van der Waals surface area (Å²) in [7, 11) is 0. The molecule has 0 heterocycles. The van der Waals surface area contributed by atoms with Gasteiger partial charge in [0, 0.05) is 16.5 Å². The van der Waals surface area contributed by atoms with E-state index in [1.165, 1.54) is 0 Å². The first kappa shape index (κ1) is 16.2. The van der Waals surface area contributed by atoms with Crippen LogP contribution in [0.1, 0.15) is 17.5 Å². The third kappa shape index (κ3) is 5.24. The highest BCUT2D eigenvalue weighted by Gasteiger charge is 2.09. The van der Waals surface area contributed by atoms with Crippen LogP contribution in [-0.4, -0.2) is 17.8 Å². The summed E-state index contributed by atoms with van der Waals surface area (Å²) in [6, 6.07) is 13.1. The van der Waals surface area contributed by atoms with Gasteiger partial charge in [-0.1, -0.05) is 35.3 Å². The fraction of sp³-hybridized carbons (Fsp3) is 0.294. The van der Waals surface area contributed by atoms with Crippen molar-refractivity contribution in [1.29, 1.82) is 0 Å². The molecule has 0 radical (unpaired) electrons. The molecule has 2 rings (SSSR count). The molecule has 0 aromatic heterocycles. The second kappa shape index (κ2) is 7.69. The van der Waals surface area contributed by atoms with E-state index < -0.39 is 6.10 Å². The van der Waals surface area contributed by atoms with Crippen molar-refractivity contribution in [2.45, 2.75) is 25.9 Å². The van der Waals surface area contributed by atoms with Crippen LogP contribution in [-0.2, 0) is 6.42 Å². The Bertz CT molecular complexity index is 599. The molecule has 1 atom stereocenters. The van der Waals surface area contributed by atoms with Crippen molar-refractivity contribution in [3.8, 4) is 5.75 Å². The monoisotopic (exact) mass is 324 g/mol. The minimum Gasteiger partial charge on any atom is -0.493 e. The first-order valence-corrected chi connectivity index (χ1v) is 7.61. The Morgan fingerprint density at radius 2 is 1.95 bits per heavy atom. The van der Waals surface area contributed by atoms with Crippen molar-refractivity contribution in [3.63, 3.8) is 0 Å². The van der Waals surface area contributed by atoms with Gasteiger partial charge in [0.15, 0.2) is 0 Å². The van der Waals surface area contributed by atoms with Gasteiger partial charge < -0.3 is 9.84 Å². The Balaban J connectivity index is 1.82. The summed E-state index contributed by atoms with van der Waals surface area (Å²) in [4.78, 5) is 0. The summed E-state index contributed by atoms with van der Waals surface area (Å²) in [5.74, 6) is 0.822. The van der Waals surface area contributed by atoms with Crippen molar-refractivity contribution < 1.29 is 9.84 Å². The Labute approximate surface area is 135 Å². The molecule has 0 aliphatic carbocycles. The van der Waals surface area contributed by atoms with Gasteiger partial charge in [-0.2, -0.15) is 0 Å². The molecule has 4 heteroatoms. The molecule has 2 aromatic carbocycles. The minimum absolute atomic E-state index is 0.461. The number of rotatable bonds is 6. The number of hydrogen-bond acceptors (Lipinski definition) is 2. The summed E-state index contributed by atoms with van der Waals surface area (Å²) in [6.07, 6.45) is 0.499. The van der Waals surface area contributed by atoms with Crippen LogP contribution in [0, 0.1) is 6.92 Å². The van der Waals surface area contributed by atoms with Crippen molar-refractivity contribution in [2.24, 2.45) is 0 Å². The number of hydrogen-bond donors (Lipinski definition) is 1. The lowest BCUT2D eigenvalue weighted by Crippen LogP contribution is -2.15. The van der Waals surface area contributed by atoms with Gasteiger partial charge in [0.2, 0.25) is 0 Å². The average molecular weight is 325 g/mol. The zero-order valence-corrected chi connectivity index (χ0v) is 13.4. The number of aryl methyl sites for hydroxylation is 1. The molecule has 1 N–H and O–H groups in total. The predicted octanol–water partition coefficient (Wildman–Crippen LogP) is 4.67. The Morgan fingerprint density at radius 1 is 1.14 bits per heavy atom. The van der Waals surface area contributed by atoms with Crippen LogP contribution in [0.4, 0.5) is 0 Å². The fourth-order valence-electron chi connectivity index (χ4n) is 2.07. The van der Waals surface area contributed by atoms with Crippen LogP contribution in [0.3, 0.4) is 0 Å². The summed E-state index contributed by atoms with van der Waals surface area (Å²) in [6.45, 7) is 2.48. The molecule has 0 aliphatic rings. The Kier molecular flexibility index (Phi) is 5.92. The minimum atomic E-state index is -0.509. The van der Waals surface area contributed by atoms with E-state index in [9.17, 15) is 5.11 Å². The Morgan fingerprint density at radius 3 is 2.71 bits per heavy atom. The SMILES string of the molecule is Cc1cccc(OCCC(O)Cc2cc(Cl)ccc2Cl)c1. The number of benzene rings is 2. The first-order chi connectivity index (χ1) is 10.0. The predicted molar refractivity (Wildman–Crippen MR) is 87.5 cm³/mol. The van der Waals surface area contributed by atoms with Gasteiger partial charge in [-0.25, -0.2) is 0 Å². The molecule has 2 nitrogen and oxygen atoms in total. The molecule has 112 valence electrons. The van der Waals surface area contributed by atoms with Crippen molar-refractivity contribution in [2.75, 3.05) is 6.61 Å². The van der Waals surface area contributed by atoms with Gasteiger partial charge in [-0.15, -0.1) is 0 Å². The fourth-order valence-corrected chi connectivity index (χ4v) is 2.46. The highest BCUT2D eigenvalue weighted by molar-refractivity contribution is 6.33. The number of ether oxygens (including phenoxy) is 1. The van der Waals surface area contributed by atoms with E-state index in [4.69, 9.17) is 27.9 Å². The topological polar surface area (TPSA) is 29.5 Å². The van der Waals surface area contributed by atoms with E-state index in [0.717, 1.165) is 16.9 Å². The average Bonchev–Trinajstić information content (AvgIpc) is 2.43. The van der Waals surface area contributed by atoms with E-state index in [0.29, 0.717) is 29.5 Å². The number of halogens is 2. The van der Waals surface area contributed by atoms with Crippen LogP contribution in [0.2, 0.25) is 10.0 Å². The van der Waals surface area contributed by atoms with Crippen molar-refractivity contribution >= 4 is 23.2 Å². The molecule has 21 heavy (non-hydrogen) atoms. The molecule has 2 aromatic rings. The van der Waals surface area contributed by atoms with E-state index in [2.05, 4.69) is 0 Å².